The number of carbonyl (C=O) groups is 2. The monoisotopic (exact) mass is 450 g/mol. The number of rotatable bonds is 8. The number of carbonyl (C=O) groups excluding carboxylic acids is 2. The molecule has 1 aliphatic rings. The average molecular weight is 451 g/mol. The average Bonchev–Trinajstić information content (AvgIpc) is 3.29. The number of hydrogen-bond donors (Lipinski definition) is 1. The third kappa shape index (κ3) is 6.83. The summed E-state index contributed by atoms with van der Waals surface area (Å²) in [6, 6.07) is 15.5. The molecule has 0 unspecified atom stereocenters. The fourth-order valence-corrected chi connectivity index (χ4v) is 4.22. The van der Waals surface area contributed by atoms with Gasteiger partial charge in [-0.2, -0.15) is 0 Å². The zero-order valence-electron chi connectivity index (χ0n) is 20.7. The number of nitrogens with one attached hydrogen (secondary N) is 1. The first-order valence-corrected chi connectivity index (χ1v) is 12.0. The van der Waals surface area contributed by atoms with Crippen molar-refractivity contribution in [3.05, 3.63) is 65.2 Å². The number of nitrogens with zero attached hydrogens (tertiary/aromatic N) is 1. The topological polar surface area (TPSA) is 58.6 Å². The molecule has 0 saturated heterocycles. The molecule has 2 amide bonds. The Morgan fingerprint density at radius 1 is 1.06 bits per heavy atom. The van der Waals surface area contributed by atoms with Crippen molar-refractivity contribution >= 4 is 11.8 Å². The van der Waals surface area contributed by atoms with Crippen LogP contribution in [0, 0.1) is 6.92 Å². The predicted octanol–water partition coefficient (Wildman–Crippen LogP) is 5.15. The Balaban J connectivity index is 1.70. The lowest BCUT2D eigenvalue weighted by Gasteiger charge is -2.30. The molecule has 5 heteroatoms. The van der Waals surface area contributed by atoms with Crippen LogP contribution in [0.25, 0.3) is 0 Å². The molecule has 2 aromatic rings. The number of hydrogen-bond acceptors (Lipinski definition) is 3. The van der Waals surface area contributed by atoms with Crippen LogP contribution in [0.15, 0.2) is 48.5 Å². The molecule has 0 spiro atoms. The number of ether oxygens (including phenoxy) is 1. The molecule has 1 aliphatic carbocycles. The first kappa shape index (κ1) is 24.8. The van der Waals surface area contributed by atoms with Crippen LogP contribution in [-0.4, -0.2) is 35.4 Å². The van der Waals surface area contributed by atoms with Gasteiger partial charge >= 0.3 is 0 Å². The molecular weight excluding hydrogens is 412 g/mol. The third-order valence-corrected chi connectivity index (χ3v) is 6.55. The van der Waals surface area contributed by atoms with Crippen molar-refractivity contribution in [2.24, 2.45) is 0 Å². The lowest BCUT2D eigenvalue weighted by atomic mass is 9.87. The maximum absolute atomic E-state index is 13.3. The minimum absolute atomic E-state index is 0.0564. The Morgan fingerprint density at radius 2 is 1.70 bits per heavy atom. The minimum atomic E-state index is -0.579. The summed E-state index contributed by atoms with van der Waals surface area (Å²) in [6.07, 6.45) is 4.32. The van der Waals surface area contributed by atoms with Gasteiger partial charge in [0.2, 0.25) is 5.91 Å². The van der Waals surface area contributed by atoms with E-state index in [2.05, 4.69) is 26.1 Å². The van der Waals surface area contributed by atoms with Gasteiger partial charge in [-0.15, -0.1) is 0 Å². The Bertz CT molecular complexity index is 940. The molecule has 0 heterocycles. The van der Waals surface area contributed by atoms with Gasteiger partial charge < -0.3 is 15.0 Å². The van der Waals surface area contributed by atoms with Crippen LogP contribution in [0.3, 0.4) is 0 Å². The Kier molecular flexibility index (Phi) is 8.17. The molecule has 5 nitrogen and oxygen atoms in total. The van der Waals surface area contributed by atoms with Gasteiger partial charge in [-0.05, 0) is 60.9 Å². The second-order valence-corrected chi connectivity index (χ2v) is 10.2. The summed E-state index contributed by atoms with van der Waals surface area (Å²) in [5, 5.41) is 3.13. The summed E-state index contributed by atoms with van der Waals surface area (Å²) in [4.78, 5) is 27.9. The highest BCUT2D eigenvalue weighted by Gasteiger charge is 2.29. The van der Waals surface area contributed by atoms with E-state index in [0.29, 0.717) is 12.3 Å². The van der Waals surface area contributed by atoms with Crippen molar-refractivity contribution in [3.8, 4) is 5.75 Å². The summed E-state index contributed by atoms with van der Waals surface area (Å²) in [5.41, 5.74) is 3.39. The normalized spacial score (nSPS) is 15.2. The fourth-order valence-electron chi connectivity index (χ4n) is 4.22. The number of aryl methyl sites for hydroxylation is 1. The van der Waals surface area contributed by atoms with Gasteiger partial charge in [-0.1, -0.05) is 70.0 Å². The van der Waals surface area contributed by atoms with Crippen molar-refractivity contribution in [2.75, 3.05) is 6.61 Å². The quantitative estimate of drug-likeness (QED) is 0.605. The predicted molar refractivity (Wildman–Crippen MR) is 132 cm³/mol. The molecular formula is C28H38N2O3. The van der Waals surface area contributed by atoms with Gasteiger partial charge in [-0.25, -0.2) is 0 Å². The summed E-state index contributed by atoms with van der Waals surface area (Å²) >= 11 is 0. The van der Waals surface area contributed by atoms with Gasteiger partial charge in [-0.3, -0.25) is 9.59 Å². The highest BCUT2D eigenvalue weighted by Crippen LogP contribution is 2.24. The molecule has 33 heavy (non-hydrogen) atoms. The molecule has 1 atom stereocenters. The van der Waals surface area contributed by atoms with Crippen LogP contribution in [0.1, 0.15) is 70.1 Å². The highest BCUT2D eigenvalue weighted by molar-refractivity contribution is 5.88. The van der Waals surface area contributed by atoms with Crippen LogP contribution < -0.4 is 10.1 Å². The fraction of sp³-hybridized carbons (Fsp3) is 0.500. The first-order valence-electron chi connectivity index (χ1n) is 12.0. The molecule has 2 aromatic carbocycles. The van der Waals surface area contributed by atoms with Crippen molar-refractivity contribution in [1.29, 1.82) is 0 Å². The molecule has 1 fully saturated rings. The highest BCUT2D eigenvalue weighted by atomic mass is 16.5. The van der Waals surface area contributed by atoms with E-state index in [4.69, 9.17) is 4.74 Å². The Hall–Kier alpha value is -2.82. The summed E-state index contributed by atoms with van der Waals surface area (Å²) in [6.45, 7) is 10.6. The SMILES string of the molecule is Cc1ccccc1CN(C(=O)COc1ccc(C(C)(C)C)cc1)[C@@H](C)C(=O)NC1CCCC1. The van der Waals surface area contributed by atoms with E-state index in [1.54, 1.807) is 11.8 Å². The molecule has 0 aromatic heterocycles. The van der Waals surface area contributed by atoms with E-state index in [1.165, 1.54) is 5.56 Å². The van der Waals surface area contributed by atoms with Crippen LogP contribution >= 0.6 is 0 Å². The summed E-state index contributed by atoms with van der Waals surface area (Å²) in [5.74, 6) is 0.348. The zero-order valence-corrected chi connectivity index (χ0v) is 20.7. The summed E-state index contributed by atoms with van der Waals surface area (Å²) in [7, 11) is 0. The van der Waals surface area contributed by atoms with E-state index < -0.39 is 6.04 Å². The van der Waals surface area contributed by atoms with E-state index in [1.807, 2.05) is 55.5 Å². The smallest absolute Gasteiger partial charge is 0.261 e. The van der Waals surface area contributed by atoms with Crippen molar-refractivity contribution < 1.29 is 14.3 Å². The van der Waals surface area contributed by atoms with Crippen molar-refractivity contribution in [2.45, 2.75) is 84.3 Å². The molecule has 0 aliphatic heterocycles. The molecule has 0 bridgehead atoms. The summed E-state index contributed by atoms with van der Waals surface area (Å²) < 4.78 is 5.82. The van der Waals surface area contributed by atoms with E-state index in [9.17, 15) is 9.59 Å². The van der Waals surface area contributed by atoms with E-state index >= 15 is 0 Å². The van der Waals surface area contributed by atoms with Gasteiger partial charge in [0.05, 0.1) is 0 Å². The molecule has 178 valence electrons. The second-order valence-electron chi connectivity index (χ2n) is 10.2. The van der Waals surface area contributed by atoms with Crippen molar-refractivity contribution in [3.63, 3.8) is 0 Å². The molecule has 0 radical (unpaired) electrons. The van der Waals surface area contributed by atoms with Gasteiger partial charge in [0, 0.05) is 12.6 Å². The van der Waals surface area contributed by atoms with Crippen LogP contribution in [0.2, 0.25) is 0 Å². The lowest BCUT2D eigenvalue weighted by molar-refractivity contribution is -0.142. The van der Waals surface area contributed by atoms with Gasteiger partial charge in [0.1, 0.15) is 11.8 Å². The largest absolute Gasteiger partial charge is 0.484 e. The zero-order chi connectivity index (χ0) is 24.0. The Labute approximate surface area is 198 Å². The molecule has 1 saturated carbocycles. The Morgan fingerprint density at radius 3 is 2.30 bits per heavy atom. The van der Waals surface area contributed by atoms with Gasteiger partial charge in [0.25, 0.3) is 5.91 Å². The van der Waals surface area contributed by atoms with Crippen LogP contribution in [-0.2, 0) is 21.5 Å². The van der Waals surface area contributed by atoms with E-state index in [0.717, 1.165) is 36.8 Å². The maximum atomic E-state index is 13.3. The van der Waals surface area contributed by atoms with Crippen molar-refractivity contribution in [1.82, 2.24) is 10.2 Å². The number of benzene rings is 2. The first-order chi connectivity index (χ1) is 15.6. The minimum Gasteiger partial charge on any atom is -0.484 e. The standard InChI is InChI=1S/C28H38N2O3/c1-20-10-6-7-11-22(20)18-30(21(2)27(32)29-24-12-8-9-13-24)26(31)19-33-25-16-14-23(15-17-25)28(3,4)5/h6-7,10-11,14-17,21,24H,8-9,12-13,18-19H2,1-5H3,(H,29,32)/t21-/m0/s1. The van der Waals surface area contributed by atoms with Crippen LogP contribution in [0.5, 0.6) is 5.75 Å². The second kappa shape index (κ2) is 10.9. The van der Waals surface area contributed by atoms with E-state index in [-0.39, 0.29) is 29.9 Å². The third-order valence-electron chi connectivity index (χ3n) is 6.55. The number of amides is 2. The maximum Gasteiger partial charge on any atom is 0.261 e. The molecule has 1 N–H and O–H groups in total. The van der Waals surface area contributed by atoms with Gasteiger partial charge in [0.15, 0.2) is 6.61 Å². The van der Waals surface area contributed by atoms with Crippen LogP contribution in [0.4, 0.5) is 0 Å². The molecule has 3 rings (SSSR count). The lowest BCUT2D eigenvalue weighted by Crippen LogP contribution is -2.50.